The summed E-state index contributed by atoms with van der Waals surface area (Å²) in [5.41, 5.74) is 3.71. The summed E-state index contributed by atoms with van der Waals surface area (Å²) >= 11 is 12.2. The summed E-state index contributed by atoms with van der Waals surface area (Å²) in [6.07, 6.45) is 0.675. The van der Waals surface area contributed by atoms with Crippen LogP contribution in [0.5, 0.6) is 5.75 Å². The molecular weight excluding hydrogens is 329 g/mol. The van der Waals surface area contributed by atoms with E-state index in [9.17, 15) is 5.11 Å². The number of hydrogen-bond acceptors (Lipinski definition) is 1. The molecule has 0 radical (unpaired) electrons. The monoisotopic (exact) mass is 353 g/mol. The Morgan fingerprint density at radius 3 is 1.74 bits per heavy atom. The Kier molecular flexibility index (Phi) is 4.81. The molecule has 2 aromatic rings. The second kappa shape index (κ2) is 6.07. The average Bonchev–Trinajstić information content (AvgIpc) is 2.67. The summed E-state index contributed by atoms with van der Waals surface area (Å²) in [6, 6.07) is 5.99. The zero-order valence-electron chi connectivity index (χ0n) is 14.6. The largest absolute Gasteiger partial charge is 0.507 e. The van der Waals surface area contributed by atoms with Crippen LogP contribution in [-0.4, -0.2) is 10.1 Å². The first-order valence-electron chi connectivity index (χ1n) is 7.79. The average molecular weight is 354 g/mol. The van der Waals surface area contributed by atoms with Gasteiger partial charge in [0.2, 0.25) is 0 Å². The highest BCUT2D eigenvalue weighted by Gasteiger charge is 2.26. The molecule has 2 rings (SSSR count). The van der Waals surface area contributed by atoms with Crippen molar-refractivity contribution in [3.05, 3.63) is 50.8 Å². The summed E-state index contributed by atoms with van der Waals surface area (Å²) in [5.74, 6) is 0.395. The third-order valence-electron chi connectivity index (χ3n) is 3.99. The zero-order valence-corrected chi connectivity index (χ0v) is 16.2. The van der Waals surface area contributed by atoms with E-state index in [1.54, 1.807) is 0 Å². The molecule has 4 heteroatoms. The van der Waals surface area contributed by atoms with E-state index in [1.165, 1.54) is 0 Å². The number of halogens is 2. The van der Waals surface area contributed by atoms with Gasteiger partial charge < -0.3 is 10.1 Å². The number of phenols is 1. The van der Waals surface area contributed by atoms with E-state index in [2.05, 4.69) is 58.7 Å². The molecule has 0 amide bonds. The van der Waals surface area contributed by atoms with Crippen molar-refractivity contribution in [2.75, 3.05) is 0 Å². The Bertz CT molecular complexity index is 683. The lowest BCUT2D eigenvalue weighted by Crippen LogP contribution is -2.18. The second-order valence-electron chi connectivity index (χ2n) is 8.17. The highest BCUT2D eigenvalue weighted by atomic mass is 35.5. The van der Waals surface area contributed by atoms with Gasteiger partial charge in [0.1, 0.15) is 16.1 Å². The van der Waals surface area contributed by atoms with Crippen molar-refractivity contribution in [2.45, 2.75) is 58.8 Å². The van der Waals surface area contributed by atoms with Gasteiger partial charge in [0.25, 0.3) is 0 Å². The maximum absolute atomic E-state index is 10.8. The molecule has 0 atom stereocenters. The van der Waals surface area contributed by atoms with Crippen molar-refractivity contribution >= 4 is 23.2 Å². The quantitative estimate of drug-likeness (QED) is 0.660. The molecule has 0 fully saturated rings. The van der Waals surface area contributed by atoms with Crippen LogP contribution in [0.4, 0.5) is 0 Å². The lowest BCUT2D eigenvalue weighted by Gasteiger charge is -2.28. The molecule has 23 heavy (non-hydrogen) atoms. The third kappa shape index (κ3) is 4.05. The summed E-state index contributed by atoms with van der Waals surface area (Å²) in [5, 5.41) is 11.9. The number of aromatic nitrogens is 1. The molecule has 0 saturated carbocycles. The molecule has 0 aliphatic rings. The summed E-state index contributed by atoms with van der Waals surface area (Å²) in [7, 11) is 0. The molecule has 2 N–H and O–H groups in total. The number of aromatic hydroxyl groups is 1. The van der Waals surface area contributed by atoms with E-state index in [-0.39, 0.29) is 10.8 Å². The normalized spacial score (nSPS) is 12.7. The number of phenolic OH excluding ortho intramolecular Hbond substituents is 1. The van der Waals surface area contributed by atoms with Gasteiger partial charge in [0, 0.05) is 6.42 Å². The Balaban J connectivity index is 2.58. The van der Waals surface area contributed by atoms with Crippen molar-refractivity contribution in [1.29, 1.82) is 0 Å². The van der Waals surface area contributed by atoms with Gasteiger partial charge in [-0.05, 0) is 39.2 Å². The number of benzene rings is 1. The van der Waals surface area contributed by atoms with Crippen molar-refractivity contribution in [3.8, 4) is 5.75 Å². The van der Waals surface area contributed by atoms with E-state index in [0.29, 0.717) is 22.5 Å². The fourth-order valence-electron chi connectivity index (χ4n) is 2.73. The minimum Gasteiger partial charge on any atom is -0.507 e. The third-order valence-corrected chi connectivity index (χ3v) is 4.53. The van der Waals surface area contributed by atoms with E-state index in [0.717, 1.165) is 22.3 Å². The first kappa shape index (κ1) is 18.2. The van der Waals surface area contributed by atoms with Gasteiger partial charge in [-0.25, -0.2) is 0 Å². The number of rotatable bonds is 2. The van der Waals surface area contributed by atoms with Crippen molar-refractivity contribution in [3.63, 3.8) is 0 Å². The lowest BCUT2D eigenvalue weighted by atomic mass is 9.78. The molecule has 0 aliphatic heterocycles. The second-order valence-corrected chi connectivity index (χ2v) is 8.96. The maximum atomic E-state index is 10.8. The lowest BCUT2D eigenvalue weighted by molar-refractivity contribution is 0.423. The van der Waals surface area contributed by atoms with Crippen LogP contribution < -0.4 is 0 Å². The van der Waals surface area contributed by atoms with Crippen LogP contribution in [0.3, 0.4) is 0 Å². The summed E-state index contributed by atoms with van der Waals surface area (Å²) in [4.78, 5) is 2.91. The first-order chi connectivity index (χ1) is 10.4. The molecule has 0 bridgehead atoms. The Labute approximate surface area is 148 Å². The molecule has 0 saturated heterocycles. The Morgan fingerprint density at radius 2 is 1.39 bits per heavy atom. The maximum Gasteiger partial charge on any atom is 0.123 e. The number of H-pyrrole nitrogens is 1. The van der Waals surface area contributed by atoms with Gasteiger partial charge in [-0.3, -0.25) is 0 Å². The smallest absolute Gasteiger partial charge is 0.123 e. The summed E-state index contributed by atoms with van der Waals surface area (Å²) in [6.45, 7) is 12.7. The molecule has 0 spiro atoms. The number of nitrogens with one attached hydrogen (secondary N) is 1. The van der Waals surface area contributed by atoms with Crippen LogP contribution in [-0.2, 0) is 17.3 Å². The first-order valence-corrected chi connectivity index (χ1v) is 8.55. The predicted molar refractivity (Wildman–Crippen MR) is 99.1 cm³/mol. The molecule has 0 aliphatic carbocycles. The molecule has 0 unspecified atom stereocenters. The van der Waals surface area contributed by atoms with Gasteiger partial charge in [-0.1, -0.05) is 76.9 Å². The highest BCUT2D eigenvalue weighted by molar-refractivity contribution is 6.33. The topological polar surface area (TPSA) is 36.0 Å². The fourth-order valence-corrected chi connectivity index (χ4v) is 3.22. The van der Waals surface area contributed by atoms with E-state index in [1.807, 2.05) is 6.07 Å². The van der Waals surface area contributed by atoms with Crippen LogP contribution in [0.1, 0.15) is 63.8 Å². The summed E-state index contributed by atoms with van der Waals surface area (Å²) < 4.78 is 0. The van der Waals surface area contributed by atoms with Crippen LogP contribution in [0.25, 0.3) is 0 Å². The minimum absolute atomic E-state index is 0.139. The molecule has 1 aromatic carbocycles. The standard InChI is InChI=1S/C19H25Cl2NO/c1-18(2,3)13-8-11(7-12-10-15(20)22-17(12)21)9-14(16(13)23)19(4,5)6/h8-10,22-23H,7H2,1-6H3. The predicted octanol–water partition coefficient (Wildman–Crippen LogP) is 6.21. The Hall–Kier alpha value is -1.12. The van der Waals surface area contributed by atoms with Crippen LogP contribution in [0.15, 0.2) is 18.2 Å². The van der Waals surface area contributed by atoms with Gasteiger partial charge in [-0.15, -0.1) is 0 Å². The molecular formula is C19H25Cl2NO. The van der Waals surface area contributed by atoms with Gasteiger partial charge in [0.05, 0.1) is 0 Å². The van der Waals surface area contributed by atoms with E-state index in [4.69, 9.17) is 23.2 Å². The van der Waals surface area contributed by atoms with Crippen molar-refractivity contribution in [1.82, 2.24) is 4.98 Å². The highest BCUT2D eigenvalue weighted by Crippen LogP contribution is 2.40. The fraction of sp³-hybridized carbons (Fsp3) is 0.474. The van der Waals surface area contributed by atoms with Gasteiger partial charge in [0.15, 0.2) is 0 Å². The van der Waals surface area contributed by atoms with E-state index < -0.39 is 0 Å². The number of aromatic amines is 1. The van der Waals surface area contributed by atoms with Crippen LogP contribution in [0.2, 0.25) is 10.3 Å². The van der Waals surface area contributed by atoms with Crippen LogP contribution >= 0.6 is 23.2 Å². The van der Waals surface area contributed by atoms with Gasteiger partial charge in [-0.2, -0.15) is 0 Å². The van der Waals surface area contributed by atoms with Crippen LogP contribution in [0, 0.1) is 0 Å². The molecule has 1 heterocycles. The van der Waals surface area contributed by atoms with Crippen molar-refractivity contribution < 1.29 is 5.11 Å². The van der Waals surface area contributed by atoms with Crippen molar-refractivity contribution in [2.24, 2.45) is 0 Å². The SMILES string of the molecule is CC(C)(C)c1cc(Cc2cc(Cl)[nH]c2Cl)cc(C(C)(C)C)c1O. The Morgan fingerprint density at radius 1 is 0.913 bits per heavy atom. The number of hydrogen-bond donors (Lipinski definition) is 2. The molecule has 126 valence electrons. The zero-order chi connectivity index (χ0) is 17.6. The molecule has 2 nitrogen and oxygen atoms in total. The molecule has 1 aromatic heterocycles. The minimum atomic E-state index is -0.139. The van der Waals surface area contributed by atoms with Gasteiger partial charge >= 0.3 is 0 Å². The van der Waals surface area contributed by atoms with E-state index >= 15 is 0 Å².